The highest BCUT2D eigenvalue weighted by Crippen LogP contribution is 2.34. The minimum Gasteiger partial charge on any atom is -0.324 e. The Morgan fingerprint density at radius 3 is 2.62 bits per heavy atom. The zero-order valence-electron chi connectivity index (χ0n) is 7.80. The summed E-state index contributed by atoms with van der Waals surface area (Å²) in [6, 6.07) is 2.78. The lowest BCUT2D eigenvalue weighted by atomic mass is 10.2. The summed E-state index contributed by atoms with van der Waals surface area (Å²) in [6.07, 6.45) is -4.47. The van der Waals surface area contributed by atoms with E-state index >= 15 is 0 Å². The van der Waals surface area contributed by atoms with E-state index in [0.717, 1.165) is 18.2 Å². The number of carbonyl (C=O) groups is 1. The predicted molar refractivity (Wildman–Crippen MR) is 51.3 cm³/mol. The van der Waals surface area contributed by atoms with Crippen molar-refractivity contribution in [3.05, 3.63) is 23.8 Å². The number of rotatable bonds is 0. The Labute approximate surface area is 91.1 Å². The SMILES string of the molecule is O=C1CS(=O)c2ccc(C(F)(F)F)cc2N1. The van der Waals surface area contributed by atoms with Gasteiger partial charge in [-0.1, -0.05) is 0 Å². The third-order valence-electron chi connectivity index (χ3n) is 2.09. The second-order valence-electron chi connectivity index (χ2n) is 3.25. The molecule has 0 aromatic heterocycles. The maximum Gasteiger partial charge on any atom is 0.416 e. The minimum absolute atomic E-state index is 0.0237. The van der Waals surface area contributed by atoms with Gasteiger partial charge in [0.05, 0.1) is 26.9 Å². The van der Waals surface area contributed by atoms with Crippen LogP contribution in [0.25, 0.3) is 0 Å². The molecule has 1 amide bonds. The van der Waals surface area contributed by atoms with E-state index in [1.807, 2.05) is 0 Å². The van der Waals surface area contributed by atoms with E-state index in [1.54, 1.807) is 0 Å². The molecule has 1 aliphatic rings. The first-order valence-corrected chi connectivity index (χ1v) is 5.59. The molecule has 0 saturated carbocycles. The number of amides is 1. The number of fused-ring (bicyclic) bond motifs is 1. The maximum absolute atomic E-state index is 12.4. The number of halogens is 3. The molecule has 0 aliphatic carbocycles. The van der Waals surface area contributed by atoms with Crippen LogP contribution in [0, 0.1) is 0 Å². The number of anilines is 1. The van der Waals surface area contributed by atoms with Crippen LogP contribution < -0.4 is 5.32 Å². The van der Waals surface area contributed by atoms with Crippen molar-refractivity contribution in [1.82, 2.24) is 0 Å². The zero-order valence-corrected chi connectivity index (χ0v) is 8.61. The number of hydrogen-bond acceptors (Lipinski definition) is 2. The van der Waals surface area contributed by atoms with Crippen LogP contribution >= 0.6 is 0 Å². The third-order valence-corrected chi connectivity index (χ3v) is 3.46. The number of carbonyl (C=O) groups excluding carboxylic acids is 1. The molecule has 0 saturated heterocycles. The quantitative estimate of drug-likeness (QED) is 0.761. The van der Waals surface area contributed by atoms with Crippen LogP contribution in [0.4, 0.5) is 18.9 Å². The fourth-order valence-electron chi connectivity index (χ4n) is 1.39. The summed E-state index contributed by atoms with van der Waals surface area (Å²) in [4.78, 5) is 11.2. The maximum atomic E-state index is 12.4. The topological polar surface area (TPSA) is 46.2 Å². The molecule has 1 N–H and O–H groups in total. The predicted octanol–water partition coefficient (Wildman–Crippen LogP) is 1.77. The van der Waals surface area contributed by atoms with E-state index in [2.05, 4.69) is 5.32 Å². The van der Waals surface area contributed by atoms with Gasteiger partial charge in [0.25, 0.3) is 0 Å². The molecule has 1 heterocycles. The molecule has 7 heteroatoms. The summed E-state index contributed by atoms with van der Waals surface area (Å²) in [7, 11) is -1.56. The van der Waals surface area contributed by atoms with Gasteiger partial charge in [-0.2, -0.15) is 13.2 Å². The minimum atomic E-state index is -4.47. The van der Waals surface area contributed by atoms with E-state index in [9.17, 15) is 22.2 Å². The average Bonchev–Trinajstić information content (AvgIpc) is 2.15. The molecular formula is C9H6F3NO2S. The number of nitrogens with one attached hydrogen (secondary N) is 1. The lowest BCUT2D eigenvalue weighted by Gasteiger charge is -2.17. The Balaban J connectivity index is 2.50. The fourth-order valence-corrected chi connectivity index (χ4v) is 2.43. The Morgan fingerprint density at radius 2 is 2.00 bits per heavy atom. The summed E-state index contributed by atoms with van der Waals surface area (Å²) in [6.45, 7) is 0. The molecule has 2 rings (SSSR count). The summed E-state index contributed by atoms with van der Waals surface area (Å²) in [5, 5.41) is 2.27. The van der Waals surface area contributed by atoms with Gasteiger partial charge in [0.1, 0.15) is 5.75 Å². The monoisotopic (exact) mass is 249 g/mol. The van der Waals surface area contributed by atoms with Gasteiger partial charge in [-0.25, -0.2) is 0 Å². The number of benzene rings is 1. The zero-order chi connectivity index (χ0) is 11.9. The van der Waals surface area contributed by atoms with Gasteiger partial charge in [-0.05, 0) is 18.2 Å². The van der Waals surface area contributed by atoms with Gasteiger partial charge in [-0.3, -0.25) is 9.00 Å². The first-order chi connectivity index (χ1) is 7.38. The van der Waals surface area contributed by atoms with Crippen molar-refractivity contribution in [3.63, 3.8) is 0 Å². The number of hydrogen-bond donors (Lipinski definition) is 1. The van der Waals surface area contributed by atoms with Gasteiger partial charge >= 0.3 is 6.18 Å². The lowest BCUT2D eigenvalue weighted by Crippen LogP contribution is -2.26. The third kappa shape index (κ3) is 1.95. The highest BCUT2D eigenvalue weighted by molar-refractivity contribution is 7.86. The van der Waals surface area contributed by atoms with Crippen LogP contribution in [0.1, 0.15) is 5.56 Å². The summed E-state index contributed by atoms with van der Waals surface area (Å²) in [5.74, 6) is -0.747. The molecule has 0 spiro atoms. The van der Waals surface area contributed by atoms with E-state index in [0.29, 0.717) is 0 Å². The van der Waals surface area contributed by atoms with E-state index in [4.69, 9.17) is 0 Å². The second-order valence-corrected chi connectivity index (χ2v) is 4.67. The van der Waals surface area contributed by atoms with Gasteiger partial charge in [0, 0.05) is 0 Å². The summed E-state index contributed by atoms with van der Waals surface area (Å²) in [5.41, 5.74) is -0.894. The average molecular weight is 249 g/mol. The molecule has 0 fully saturated rings. The van der Waals surface area contributed by atoms with Crippen LogP contribution in [0.3, 0.4) is 0 Å². The van der Waals surface area contributed by atoms with Crippen LogP contribution in [0.2, 0.25) is 0 Å². The molecule has 0 bridgehead atoms. The van der Waals surface area contributed by atoms with E-state index in [-0.39, 0.29) is 16.3 Å². The van der Waals surface area contributed by atoms with Gasteiger partial charge in [-0.15, -0.1) is 0 Å². The summed E-state index contributed by atoms with van der Waals surface area (Å²) >= 11 is 0. The standard InChI is InChI=1S/C9H6F3NO2S/c10-9(11,12)5-1-2-7-6(3-5)13-8(14)4-16(7)15/h1-3H,4H2,(H,13,14). The van der Waals surface area contributed by atoms with Crippen molar-refractivity contribution >= 4 is 22.4 Å². The van der Waals surface area contributed by atoms with Crippen LogP contribution in [0.15, 0.2) is 23.1 Å². The molecule has 0 radical (unpaired) electrons. The Bertz CT molecular complexity index is 484. The molecule has 1 aromatic carbocycles. The summed E-state index contributed by atoms with van der Waals surface area (Å²) < 4.78 is 48.5. The normalized spacial score (nSPS) is 20.2. The largest absolute Gasteiger partial charge is 0.416 e. The van der Waals surface area contributed by atoms with E-state index < -0.39 is 28.4 Å². The Kier molecular flexibility index (Phi) is 2.49. The van der Waals surface area contributed by atoms with Crippen molar-refractivity contribution in [1.29, 1.82) is 0 Å². The van der Waals surface area contributed by atoms with Crippen molar-refractivity contribution in [2.24, 2.45) is 0 Å². The molecule has 86 valence electrons. The smallest absolute Gasteiger partial charge is 0.324 e. The van der Waals surface area contributed by atoms with Crippen LogP contribution in [-0.4, -0.2) is 15.9 Å². The lowest BCUT2D eigenvalue weighted by molar-refractivity contribution is -0.137. The molecule has 1 aromatic rings. The number of alkyl halides is 3. The molecule has 16 heavy (non-hydrogen) atoms. The highest BCUT2D eigenvalue weighted by atomic mass is 32.2. The molecular weight excluding hydrogens is 243 g/mol. The molecule has 1 unspecified atom stereocenters. The molecule has 1 atom stereocenters. The van der Waals surface area contributed by atoms with Crippen molar-refractivity contribution < 1.29 is 22.2 Å². The Hall–Kier alpha value is -1.37. The van der Waals surface area contributed by atoms with Crippen LogP contribution in [-0.2, 0) is 21.8 Å². The van der Waals surface area contributed by atoms with Crippen molar-refractivity contribution in [3.8, 4) is 0 Å². The fraction of sp³-hybridized carbons (Fsp3) is 0.222. The molecule has 3 nitrogen and oxygen atoms in total. The van der Waals surface area contributed by atoms with Crippen molar-refractivity contribution in [2.75, 3.05) is 11.1 Å². The Morgan fingerprint density at radius 1 is 1.31 bits per heavy atom. The second kappa shape index (κ2) is 3.58. The molecule has 1 aliphatic heterocycles. The first kappa shape index (κ1) is 11.1. The van der Waals surface area contributed by atoms with Crippen LogP contribution in [0.5, 0.6) is 0 Å². The van der Waals surface area contributed by atoms with Gasteiger partial charge in [0.15, 0.2) is 0 Å². The van der Waals surface area contributed by atoms with Crippen molar-refractivity contribution in [2.45, 2.75) is 11.1 Å². The highest BCUT2D eigenvalue weighted by Gasteiger charge is 2.32. The first-order valence-electron chi connectivity index (χ1n) is 4.27. The van der Waals surface area contributed by atoms with Gasteiger partial charge in [0.2, 0.25) is 5.91 Å². The van der Waals surface area contributed by atoms with E-state index in [1.165, 1.54) is 0 Å². The van der Waals surface area contributed by atoms with Gasteiger partial charge < -0.3 is 5.32 Å².